The molecule has 0 aliphatic heterocycles. The van der Waals surface area contributed by atoms with Crippen molar-refractivity contribution in [3.8, 4) is 0 Å². The zero-order valence-electron chi connectivity index (χ0n) is 12.5. The number of carbonyl (C=O) groups excluding carboxylic acids is 1. The molecular weight excluding hydrogens is 360 g/mol. The molecule has 0 saturated heterocycles. The van der Waals surface area contributed by atoms with E-state index in [1.807, 2.05) is 0 Å². The van der Waals surface area contributed by atoms with Crippen LogP contribution < -0.4 is 5.32 Å². The van der Waals surface area contributed by atoms with E-state index in [9.17, 15) is 13.6 Å². The van der Waals surface area contributed by atoms with Crippen molar-refractivity contribution in [2.24, 2.45) is 0 Å². The van der Waals surface area contributed by atoms with Crippen LogP contribution in [0.25, 0.3) is 0 Å². The van der Waals surface area contributed by atoms with Crippen molar-refractivity contribution in [3.05, 3.63) is 29.8 Å². The Bertz CT molecular complexity index is 681. The Balaban J connectivity index is 1.93. The summed E-state index contributed by atoms with van der Waals surface area (Å²) in [4.78, 5) is 12.1. The number of nitrogens with one attached hydrogen (secondary N) is 1. The van der Waals surface area contributed by atoms with E-state index >= 15 is 0 Å². The van der Waals surface area contributed by atoms with Crippen molar-refractivity contribution in [3.63, 3.8) is 0 Å². The average Bonchev–Trinajstić information content (AvgIpc) is 2.95. The van der Waals surface area contributed by atoms with E-state index in [0.29, 0.717) is 4.34 Å². The lowest BCUT2D eigenvalue weighted by Crippen LogP contribution is -2.22. The smallest absolute Gasteiger partial charge is 0.237 e. The minimum absolute atomic E-state index is 0.0414. The molecule has 0 spiro atoms. The molecule has 0 radical (unpaired) electrons. The van der Waals surface area contributed by atoms with Gasteiger partial charge in [0.05, 0.1) is 10.9 Å². The second-order valence-corrected chi connectivity index (χ2v) is 8.46. The summed E-state index contributed by atoms with van der Waals surface area (Å²) in [6.07, 6.45) is 1.05. The lowest BCUT2D eigenvalue weighted by atomic mass is 10.3. The molecule has 2 rings (SSSR count). The second kappa shape index (κ2) is 8.60. The molecular formula is C14H15F2N3OS3. The molecule has 0 saturated carbocycles. The summed E-state index contributed by atoms with van der Waals surface area (Å²) in [5.41, 5.74) is -0.0414. The number of nitrogens with zero attached hydrogens (tertiary/aromatic N) is 2. The number of carbonyl (C=O) groups is 1. The maximum atomic E-state index is 13.5. The van der Waals surface area contributed by atoms with Gasteiger partial charge >= 0.3 is 0 Å². The Morgan fingerprint density at radius 3 is 2.78 bits per heavy atom. The fourth-order valence-corrected chi connectivity index (χ4v) is 4.61. The number of halogens is 2. The van der Waals surface area contributed by atoms with Crippen molar-refractivity contribution in [2.75, 3.05) is 11.1 Å². The van der Waals surface area contributed by atoms with Crippen LogP contribution >= 0.6 is 34.9 Å². The number of amides is 1. The molecule has 0 aliphatic carbocycles. The molecule has 1 heterocycles. The molecule has 0 bridgehead atoms. The van der Waals surface area contributed by atoms with Crippen LogP contribution in [0.5, 0.6) is 0 Å². The highest BCUT2D eigenvalue weighted by Crippen LogP contribution is 2.31. The van der Waals surface area contributed by atoms with Gasteiger partial charge in [-0.1, -0.05) is 41.8 Å². The molecule has 2 aromatic rings. The summed E-state index contributed by atoms with van der Waals surface area (Å²) in [7, 11) is 0. The molecule has 23 heavy (non-hydrogen) atoms. The van der Waals surface area contributed by atoms with Gasteiger partial charge in [-0.3, -0.25) is 4.79 Å². The summed E-state index contributed by atoms with van der Waals surface area (Å²) in [5.74, 6) is -0.892. The standard InChI is InChI=1S/C14H15F2N3OS3/c1-3-6-21-13-18-19-14(23-13)22-8(2)12(20)17-11-5-4-9(15)7-10(11)16/h4-5,7-8H,3,6H2,1-2H3,(H,17,20)/t8-/m0/s1. The van der Waals surface area contributed by atoms with Crippen LogP contribution in [0, 0.1) is 11.6 Å². The maximum absolute atomic E-state index is 13.5. The predicted molar refractivity (Wildman–Crippen MR) is 91.2 cm³/mol. The number of benzene rings is 1. The van der Waals surface area contributed by atoms with Gasteiger partial charge < -0.3 is 5.32 Å². The molecule has 1 aromatic carbocycles. The third-order valence-corrected chi connectivity index (χ3v) is 6.10. The monoisotopic (exact) mass is 375 g/mol. The average molecular weight is 375 g/mol. The number of anilines is 1. The van der Waals surface area contributed by atoms with Gasteiger partial charge in [0, 0.05) is 11.8 Å². The van der Waals surface area contributed by atoms with Crippen LogP contribution in [-0.4, -0.2) is 27.1 Å². The van der Waals surface area contributed by atoms with Crippen molar-refractivity contribution in [1.82, 2.24) is 10.2 Å². The number of hydrogen-bond acceptors (Lipinski definition) is 6. The summed E-state index contributed by atoms with van der Waals surface area (Å²) < 4.78 is 27.9. The molecule has 0 aliphatic rings. The lowest BCUT2D eigenvalue weighted by Gasteiger charge is -2.10. The van der Waals surface area contributed by atoms with Gasteiger partial charge in [-0.25, -0.2) is 8.78 Å². The molecule has 124 valence electrons. The molecule has 1 atom stereocenters. The summed E-state index contributed by atoms with van der Waals surface area (Å²) in [5, 5.41) is 10.1. The van der Waals surface area contributed by atoms with Crippen molar-refractivity contribution in [2.45, 2.75) is 34.2 Å². The fraction of sp³-hybridized carbons (Fsp3) is 0.357. The van der Waals surface area contributed by atoms with Crippen LogP contribution in [-0.2, 0) is 4.79 Å². The van der Waals surface area contributed by atoms with Crippen LogP contribution in [0.15, 0.2) is 26.9 Å². The van der Waals surface area contributed by atoms with Gasteiger partial charge in [0.1, 0.15) is 11.6 Å². The fourth-order valence-electron chi connectivity index (χ4n) is 1.52. The van der Waals surface area contributed by atoms with Crippen LogP contribution in [0.3, 0.4) is 0 Å². The molecule has 1 amide bonds. The van der Waals surface area contributed by atoms with E-state index < -0.39 is 16.9 Å². The molecule has 1 aromatic heterocycles. The quantitative estimate of drug-likeness (QED) is 0.725. The topological polar surface area (TPSA) is 54.9 Å². The predicted octanol–water partition coefficient (Wildman–Crippen LogP) is 4.44. The van der Waals surface area contributed by atoms with Gasteiger partial charge in [-0.05, 0) is 25.5 Å². The minimum Gasteiger partial charge on any atom is -0.323 e. The van der Waals surface area contributed by atoms with E-state index in [-0.39, 0.29) is 11.6 Å². The minimum atomic E-state index is -0.801. The summed E-state index contributed by atoms with van der Waals surface area (Å²) in [6.45, 7) is 3.78. The first-order chi connectivity index (χ1) is 11.0. The highest BCUT2D eigenvalue weighted by atomic mass is 32.2. The Morgan fingerprint density at radius 1 is 1.35 bits per heavy atom. The van der Waals surface area contributed by atoms with Gasteiger partial charge in [-0.2, -0.15) is 0 Å². The lowest BCUT2D eigenvalue weighted by molar-refractivity contribution is -0.115. The van der Waals surface area contributed by atoms with E-state index in [2.05, 4.69) is 22.4 Å². The van der Waals surface area contributed by atoms with Crippen LogP contribution in [0.4, 0.5) is 14.5 Å². The first kappa shape index (κ1) is 18.2. The molecule has 4 nitrogen and oxygen atoms in total. The van der Waals surface area contributed by atoms with Gasteiger partial charge in [0.15, 0.2) is 8.68 Å². The molecule has 1 N–H and O–H groups in total. The first-order valence-corrected chi connectivity index (χ1v) is 9.56. The molecule has 0 unspecified atom stereocenters. The van der Waals surface area contributed by atoms with E-state index in [4.69, 9.17) is 0 Å². The number of aromatic nitrogens is 2. The highest BCUT2D eigenvalue weighted by molar-refractivity contribution is 8.03. The Kier molecular flexibility index (Phi) is 6.79. The zero-order valence-corrected chi connectivity index (χ0v) is 15.0. The largest absolute Gasteiger partial charge is 0.323 e. The molecule has 0 fully saturated rings. The first-order valence-electron chi connectivity index (χ1n) is 6.88. The van der Waals surface area contributed by atoms with Gasteiger partial charge in [0.25, 0.3) is 0 Å². The Morgan fingerprint density at radius 2 is 2.09 bits per heavy atom. The van der Waals surface area contributed by atoms with Crippen molar-refractivity contribution in [1.29, 1.82) is 0 Å². The van der Waals surface area contributed by atoms with Gasteiger partial charge in [-0.15, -0.1) is 10.2 Å². The normalized spacial score (nSPS) is 12.2. The van der Waals surface area contributed by atoms with Crippen LogP contribution in [0.2, 0.25) is 0 Å². The molecule has 9 heteroatoms. The number of hydrogen-bond donors (Lipinski definition) is 1. The maximum Gasteiger partial charge on any atom is 0.237 e. The third-order valence-electron chi connectivity index (χ3n) is 2.65. The van der Waals surface area contributed by atoms with Crippen molar-refractivity contribution < 1.29 is 13.6 Å². The van der Waals surface area contributed by atoms with Gasteiger partial charge in [0.2, 0.25) is 5.91 Å². The van der Waals surface area contributed by atoms with Crippen LogP contribution in [0.1, 0.15) is 20.3 Å². The van der Waals surface area contributed by atoms with E-state index in [1.54, 1.807) is 18.7 Å². The van der Waals surface area contributed by atoms with E-state index in [1.165, 1.54) is 29.2 Å². The zero-order chi connectivity index (χ0) is 16.8. The Hall–Kier alpha value is -1.19. The number of rotatable bonds is 7. The Labute approximate surface area is 145 Å². The summed E-state index contributed by atoms with van der Waals surface area (Å²) in [6, 6.07) is 3.03. The summed E-state index contributed by atoms with van der Waals surface area (Å²) >= 11 is 4.32. The second-order valence-electron chi connectivity index (χ2n) is 4.56. The SMILES string of the molecule is CCCSc1nnc(S[C@@H](C)C(=O)Nc2ccc(F)cc2F)s1. The van der Waals surface area contributed by atoms with Crippen molar-refractivity contribution >= 4 is 46.5 Å². The highest BCUT2D eigenvalue weighted by Gasteiger charge is 2.18. The number of thioether (sulfide) groups is 2. The third kappa shape index (κ3) is 5.43. The van der Waals surface area contributed by atoms with E-state index in [0.717, 1.165) is 28.6 Å².